The molecule has 0 aliphatic rings. The van der Waals surface area contributed by atoms with Gasteiger partial charge in [0.2, 0.25) is 5.95 Å². The molecule has 0 radical (unpaired) electrons. The van der Waals surface area contributed by atoms with Gasteiger partial charge in [0.1, 0.15) is 17.3 Å². The van der Waals surface area contributed by atoms with E-state index in [1.807, 2.05) is 0 Å². The molecule has 2 aromatic carbocycles. The van der Waals surface area contributed by atoms with Crippen LogP contribution in [0, 0.1) is 11.6 Å². The van der Waals surface area contributed by atoms with Gasteiger partial charge in [-0.3, -0.25) is 4.57 Å². The number of anilines is 1. The molecular formula is C13H8ClF2N3. The summed E-state index contributed by atoms with van der Waals surface area (Å²) in [5, 5.41) is 0.176. The summed E-state index contributed by atoms with van der Waals surface area (Å²) in [7, 11) is 0. The van der Waals surface area contributed by atoms with Crippen molar-refractivity contribution in [2.45, 2.75) is 0 Å². The molecule has 0 spiro atoms. The van der Waals surface area contributed by atoms with Crippen molar-refractivity contribution < 1.29 is 8.78 Å². The van der Waals surface area contributed by atoms with Crippen LogP contribution >= 0.6 is 11.6 Å². The Balaban J connectivity index is 2.42. The molecule has 0 fully saturated rings. The average molecular weight is 280 g/mol. The number of benzene rings is 2. The van der Waals surface area contributed by atoms with Crippen LogP contribution in [-0.2, 0) is 0 Å². The second-order valence-corrected chi connectivity index (χ2v) is 4.42. The van der Waals surface area contributed by atoms with Gasteiger partial charge in [0, 0.05) is 6.07 Å². The molecule has 1 aromatic heterocycles. The molecule has 0 amide bonds. The van der Waals surface area contributed by atoms with Crippen LogP contribution in [0.2, 0.25) is 5.02 Å². The molecule has 3 aromatic rings. The van der Waals surface area contributed by atoms with E-state index >= 15 is 0 Å². The number of nitrogens with two attached hydrogens (primary N) is 1. The third-order valence-electron chi connectivity index (χ3n) is 2.80. The van der Waals surface area contributed by atoms with Gasteiger partial charge in [-0.25, -0.2) is 13.8 Å². The lowest BCUT2D eigenvalue weighted by Gasteiger charge is -2.09. The molecule has 0 unspecified atom stereocenters. The highest BCUT2D eigenvalue weighted by Crippen LogP contribution is 2.30. The lowest BCUT2D eigenvalue weighted by atomic mass is 10.2. The Morgan fingerprint density at radius 3 is 2.68 bits per heavy atom. The zero-order valence-electron chi connectivity index (χ0n) is 9.57. The number of fused-ring (bicyclic) bond motifs is 1. The van der Waals surface area contributed by atoms with Crippen LogP contribution in [0.4, 0.5) is 14.7 Å². The summed E-state index contributed by atoms with van der Waals surface area (Å²) in [4.78, 5) is 4.06. The van der Waals surface area contributed by atoms with Gasteiger partial charge >= 0.3 is 0 Å². The molecule has 19 heavy (non-hydrogen) atoms. The Bertz CT molecular complexity index is 763. The van der Waals surface area contributed by atoms with Crippen molar-refractivity contribution in [3.8, 4) is 5.69 Å². The lowest BCUT2D eigenvalue weighted by Crippen LogP contribution is -2.03. The molecule has 3 nitrogen and oxygen atoms in total. The SMILES string of the molecule is Nc1nc2ccc(F)cc2n1-c1c(F)cccc1Cl. The summed E-state index contributed by atoms with van der Waals surface area (Å²) < 4.78 is 28.6. The van der Waals surface area contributed by atoms with Gasteiger partial charge in [-0.2, -0.15) is 0 Å². The second kappa shape index (κ2) is 4.20. The maximum atomic E-state index is 13.9. The highest BCUT2D eigenvalue weighted by Gasteiger charge is 2.16. The number of imidazole rings is 1. The zero-order valence-corrected chi connectivity index (χ0v) is 10.3. The van der Waals surface area contributed by atoms with E-state index in [9.17, 15) is 8.78 Å². The third-order valence-corrected chi connectivity index (χ3v) is 3.11. The van der Waals surface area contributed by atoms with E-state index < -0.39 is 11.6 Å². The Kier molecular flexibility index (Phi) is 2.64. The first-order valence-corrected chi connectivity index (χ1v) is 5.83. The first-order chi connectivity index (χ1) is 9.08. The number of hydrogen-bond acceptors (Lipinski definition) is 2. The van der Waals surface area contributed by atoms with Crippen molar-refractivity contribution in [3.63, 3.8) is 0 Å². The molecular weight excluding hydrogens is 272 g/mol. The van der Waals surface area contributed by atoms with Crippen LogP contribution in [0.25, 0.3) is 16.7 Å². The van der Waals surface area contributed by atoms with Gasteiger partial charge in [0.05, 0.1) is 16.1 Å². The van der Waals surface area contributed by atoms with Crippen molar-refractivity contribution in [1.29, 1.82) is 0 Å². The molecule has 6 heteroatoms. The minimum Gasteiger partial charge on any atom is -0.369 e. The van der Waals surface area contributed by atoms with E-state index in [2.05, 4.69) is 4.98 Å². The largest absolute Gasteiger partial charge is 0.369 e. The van der Waals surface area contributed by atoms with Crippen LogP contribution in [-0.4, -0.2) is 9.55 Å². The van der Waals surface area contributed by atoms with Crippen LogP contribution in [0.15, 0.2) is 36.4 Å². The normalized spacial score (nSPS) is 11.1. The third kappa shape index (κ3) is 1.82. The molecule has 2 N–H and O–H groups in total. The number of para-hydroxylation sites is 1. The van der Waals surface area contributed by atoms with Gasteiger partial charge in [-0.05, 0) is 24.3 Å². The number of hydrogen-bond donors (Lipinski definition) is 1. The summed E-state index contributed by atoms with van der Waals surface area (Å²) in [6, 6.07) is 8.25. The van der Waals surface area contributed by atoms with Crippen molar-refractivity contribution >= 4 is 28.6 Å². The van der Waals surface area contributed by atoms with Crippen molar-refractivity contribution in [2.75, 3.05) is 5.73 Å². The molecule has 0 aliphatic heterocycles. The number of nitrogen functional groups attached to an aromatic ring is 1. The maximum Gasteiger partial charge on any atom is 0.206 e. The van der Waals surface area contributed by atoms with Crippen molar-refractivity contribution in [1.82, 2.24) is 9.55 Å². The van der Waals surface area contributed by atoms with E-state index in [4.69, 9.17) is 17.3 Å². The van der Waals surface area contributed by atoms with Crippen LogP contribution in [0.3, 0.4) is 0 Å². The summed E-state index contributed by atoms with van der Waals surface area (Å²) in [5.41, 5.74) is 6.68. The van der Waals surface area contributed by atoms with Gasteiger partial charge in [-0.1, -0.05) is 17.7 Å². The number of aromatic nitrogens is 2. The number of halogens is 3. The predicted octanol–water partition coefficient (Wildman–Crippen LogP) is 3.54. The maximum absolute atomic E-state index is 13.9. The first-order valence-electron chi connectivity index (χ1n) is 5.46. The van der Waals surface area contributed by atoms with Gasteiger partial charge in [0.15, 0.2) is 0 Å². The minimum atomic E-state index is -0.553. The van der Waals surface area contributed by atoms with E-state index in [-0.39, 0.29) is 16.7 Å². The Hall–Kier alpha value is -2.14. The van der Waals surface area contributed by atoms with Gasteiger partial charge in [0.25, 0.3) is 0 Å². The highest BCUT2D eigenvalue weighted by molar-refractivity contribution is 6.32. The van der Waals surface area contributed by atoms with E-state index in [1.54, 1.807) is 0 Å². The Labute approximate surface area is 112 Å². The molecule has 0 bridgehead atoms. The van der Waals surface area contributed by atoms with Crippen LogP contribution < -0.4 is 5.73 Å². The number of rotatable bonds is 1. The Morgan fingerprint density at radius 2 is 1.95 bits per heavy atom. The summed E-state index contributed by atoms with van der Waals surface area (Å²) in [5.74, 6) is -0.962. The fourth-order valence-electron chi connectivity index (χ4n) is 2.00. The molecule has 0 saturated carbocycles. The summed E-state index contributed by atoms with van der Waals surface area (Å²) in [6.07, 6.45) is 0. The quantitative estimate of drug-likeness (QED) is 0.740. The fourth-order valence-corrected chi connectivity index (χ4v) is 2.25. The summed E-state index contributed by atoms with van der Waals surface area (Å²) in [6.45, 7) is 0. The molecule has 0 aliphatic carbocycles. The lowest BCUT2D eigenvalue weighted by molar-refractivity contribution is 0.618. The van der Waals surface area contributed by atoms with Crippen LogP contribution in [0.1, 0.15) is 0 Å². The van der Waals surface area contributed by atoms with E-state index in [1.165, 1.54) is 41.0 Å². The topological polar surface area (TPSA) is 43.8 Å². The van der Waals surface area contributed by atoms with Crippen molar-refractivity contribution in [2.24, 2.45) is 0 Å². The number of nitrogens with zero attached hydrogens (tertiary/aromatic N) is 2. The zero-order chi connectivity index (χ0) is 13.6. The molecule has 0 atom stereocenters. The summed E-state index contributed by atoms with van der Waals surface area (Å²) >= 11 is 6.00. The second-order valence-electron chi connectivity index (χ2n) is 4.01. The van der Waals surface area contributed by atoms with Crippen molar-refractivity contribution in [3.05, 3.63) is 53.1 Å². The smallest absolute Gasteiger partial charge is 0.206 e. The molecule has 3 rings (SSSR count). The Morgan fingerprint density at radius 1 is 1.16 bits per heavy atom. The molecule has 96 valence electrons. The minimum absolute atomic E-state index is 0.0487. The average Bonchev–Trinajstić information content (AvgIpc) is 2.66. The van der Waals surface area contributed by atoms with Gasteiger partial charge in [-0.15, -0.1) is 0 Å². The molecule has 1 heterocycles. The standard InChI is InChI=1S/C13H8ClF2N3/c14-8-2-1-3-9(16)12(8)19-11-6-7(15)4-5-10(11)18-13(19)17/h1-6H,(H2,17,18). The van der Waals surface area contributed by atoms with Gasteiger partial charge < -0.3 is 5.73 Å². The van der Waals surface area contributed by atoms with E-state index in [0.717, 1.165) is 0 Å². The monoisotopic (exact) mass is 279 g/mol. The fraction of sp³-hybridized carbons (Fsp3) is 0. The highest BCUT2D eigenvalue weighted by atomic mass is 35.5. The predicted molar refractivity (Wildman–Crippen MR) is 70.4 cm³/mol. The molecule has 0 saturated heterocycles. The van der Waals surface area contributed by atoms with Crippen LogP contribution in [0.5, 0.6) is 0 Å². The first kappa shape index (κ1) is 11.9. The van der Waals surface area contributed by atoms with E-state index in [0.29, 0.717) is 11.0 Å².